The molecule has 0 aliphatic carbocycles. The lowest BCUT2D eigenvalue weighted by Crippen LogP contribution is -2.04. The Hall–Kier alpha value is -0.0151. The summed E-state index contributed by atoms with van der Waals surface area (Å²) >= 11 is 0. The van der Waals surface area contributed by atoms with Crippen molar-refractivity contribution in [1.82, 2.24) is 0 Å². The molecule has 0 amide bonds. The summed E-state index contributed by atoms with van der Waals surface area (Å²) in [6.45, 7) is 4.01. The minimum absolute atomic E-state index is 0. The van der Waals surface area contributed by atoms with Gasteiger partial charge in [0.05, 0.1) is 8.41 Å². The second kappa shape index (κ2) is 5.98. The third-order valence-corrected chi connectivity index (χ3v) is 0.408. The van der Waals surface area contributed by atoms with E-state index in [1.807, 2.05) is 6.92 Å². The lowest BCUT2D eigenvalue weighted by atomic mass is 10.7. The van der Waals surface area contributed by atoms with Gasteiger partial charge in [0.1, 0.15) is 0 Å². The molecule has 0 saturated heterocycles. The second-order valence-corrected chi connectivity index (χ2v) is 1.05. The molecular weight excluding hydrogens is 90.9 g/mol. The molecule has 44 valence electrons. The van der Waals surface area contributed by atoms with Crippen LogP contribution in [0, 0.1) is 0 Å². The van der Waals surface area contributed by atoms with Crippen LogP contribution in [0.2, 0.25) is 0 Å². The molecule has 1 unspecified atom stereocenters. The Bertz CT molecular complexity index is 30.9. The molecule has 0 heterocycles. The van der Waals surface area contributed by atoms with Crippen LogP contribution in [-0.2, 0) is 4.74 Å². The standard InChI is InChI=1S/C4H10O2.BH3/c1-3-6-4(2)5;/h4-5H,3H2,1-2H3;1H3. The van der Waals surface area contributed by atoms with E-state index in [4.69, 9.17) is 5.11 Å². The molecule has 1 N–H and O–H groups in total. The Balaban J connectivity index is 0. The largest absolute Gasteiger partial charge is 0.368 e. The first-order chi connectivity index (χ1) is 2.77. The highest BCUT2D eigenvalue weighted by Gasteiger charge is 1.85. The van der Waals surface area contributed by atoms with Crippen molar-refractivity contribution < 1.29 is 9.84 Å². The molecule has 0 aliphatic rings. The van der Waals surface area contributed by atoms with Gasteiger partial charge in [-0.1, -0.05) is 0 Å². The van der Waals surface area contributed by atoms with Gasteiger partial charge in [0.25, 0.3) is 0 Å². The van der Waals surface area contributed by atoms with Crippen LogP contribution >= 0.6 is 0 Å². The maximum Gasteiger partial charge on any atom is 0.151 e. The molecule has 2 nitrogen and oxygen atoms in total. The van der Waals surface area contributed by atoms with Gasteiger partial charge in [0, 0.05) is 6.61 Å². The van der Waals surface area contributed by atoms with Gasteiger partial charge < -0.3 is 9.84 Å². The van der Waals surface area contributed by atoms with Gasteiger partial charge in [-0.2, -0.15) is 0 Å². The zero-order valence-electron chi connectivity index (χ0n) is 4.14. The first-order valence-corrected chi connectivity index (χ1v) is 2.07. The summed E-state index contributed by atoms with van der Waals surface area (Å²) < 4.78 is 4.60. The van der Waals surface area contributed by atoms with E-state index in [9.17, 15) is 0 Å². The lowest BCUT2D eigenvalue weighted by molar-refractivity contribution is -0.0800. The monoisotopic (exact) mass is 104 g/mol. The van der Waals surface area contributed by atoms with Crippen LogP contribution in [0.3, 0.4) is 0 Å². The molecule has 0 spiro atoms. The molecule has 0 aliphatic heterocycles. The minimum atomic E-state index is -0.602. The van der Waals surface area contributed by atoms with Gasteiger partial charge in [0.2, 0.25) is 0 Å². The summed E-state index contributed by atoms with van der Waals surface area (Å²) in [5.41, 5.74) is 0. The van der Waals surface area contributed by atoms with Crippen molar-refractivity contribution in [2.75, 3.05) is 6.61 Å². The molecule has 0 aromatic rings. The Labute approximate surface area is 46.1 Å². The normalized spacial score (nSPS) is 12.4. The fraction of sp³-hybridized carbons (Fsp3) is 1.00. The van der Waals surface area contributed by atoms with E-state index >= 15 is 0 Å². The lowest BCUT2D eigenvalue weighted by Gasteiger charge is -1.99. The van der Waals surface area contributed by atoms with E-state index < -0.39 is 6.29 Å². The molecule has 1 atom stereocenters. The van der Waals surface area contributed by atoms with Crippen LogP contribution in [0.5, 0.6) is 0 Å². The van der Waals surface area contributed by atoms with Gasteiger partial charge in [-0.3, -0.25) is 0 Å². The second-order valence-electron chi connectivity index (χ2n) is 1.05. The van der Waals surface area contributed by atoms with Crippen LogP contribution in [0.1, 0.15) is 13.8 Å². The first kappa shape index (κ1) is 10.1. The van der Waals surface area contributed by atoms with Crippen molar-refractivity contribution in [3.05, 3.63) is 0 Å². The van der Waals surface area contributed by atoms with Gasteiger partial charge >= 0.3 is 0 Å². The van der Waals surface area contributed by atoms with Crippen molar-refractivity contribution in [3.63, 3.8) is 0 Å². The number of hydrogen-bond acceptors (Lipinski definition) is 2. The number of hydrogen-bond donors (Lipinski definition) is 1. The van der Waals surface area contributed by atoms with Crippen molar-refractivity contribution in [1.29, 1.82) is 0 Å². The predicted octanol–water partition coefficient (Wildman–Crippen LogP) is -0.823. The molecule has 0 aromatic heterocycles. The smallest absolute Gasteiger partial charge is 0.151 e. The van der Waals surface area contributed by atoms with Crippen molar-refractivity contribution in [2.24, 2.45) is 0 Å². The summed E-state index contributed by atoms with van der Waals surface area (Å²) in [4.78, 5) is 0. The summed E-state index contributed by atoms with van der Waals surface area (Å²) in [5.74, 6) is 0. The number of ether oxygens (including phenoxy) is 1. The summed E-state index contributed by atoms with van der Waals surface area (Å²) in [6.07, 6.45) is -0.602. The van der Waals surface area contributed by atoms with Crippen LogP contribution in [-0.4, -0.2) is 26.4 Å². The Morgan fingerprint density at radius 3 is 2.14 bits per heavy atom. The maximum absolute atomic E-state index is 8.33. The number of rotatable bonds is 2. The SMILES string of the molecule is B.CCOC(C)O. The van der Waals surface area contributed by atoms with E-state index in [-0.39, 0.29) is 8.41 Å². The van der Waals surface area contributed by atoms with Crippen molar-refractivity contribution >= 4 is 8.41 Å². The summed E-state index contributed by atoms with van der Waals surface area (Å²) in [6, 6.07) is 0. The molecule has 7 heavy (non-hydrogen) atoms. The third-order valence-electron chi connectivity index (χ3n) is 0.408. The van der Waals surface area contributed by atoms with Gasteiger partial charge in [-0.05, 0) is 13.8 Å². The van der Waals surface area contributed by atoms with E-state index in [0.29, 0.717) is 6.61 Å². The van der Waals surface area contributed by atoms with Crippen molar-refractivity contribution in [3.8, 4) is 0 Å². The van der Waals surface area contributed by atoms with E-state index in [2.05, 4.69) is 4.74 Å². The average Bonchev–Trinajstić information content (AvgIpc) is 1.35. The maximum atomic E-state index is 8.33. The van der Waals surface area contributed by atoms with Crippen LogP contribution in [0.15, 0.2) is 0 Å². The van der Waals surface area contributed by atoms with Gasteiger partial charge in [0.15, 0.2) is 6.29 Å². The number of aliphatic hydroxyl groups excluding tert-OH is 1. The Kier molecular flexibility index (Phi) is 8.61. The van der Waals surface area contributed by atoms with E-state index in [1.54, 1.807) is 6.92 Å². The summed E-state index contributed by atoms with van der Waals surface area (Å²) in [5, 5.41) is 8.33. The topological polar surface area (TPSA) is 29.5 Å². The Morgan fingerprint density at radius 2 is 2.14 bits per heavy atom. The fourth-order valence-electron chi connectivity index (χ4n) is 0.241. The highest BCUT2D eigenvalue weighted by Crippen LogP contribution is 1.78. The summed E-state index contributed by atoms with van der Waals surface area (Å²) in [7, 11) is 0. The highest BCUT2D eigenvalue weighted by atomic mass is 16.6. The highest BCUT2D eigenvalue weighted by molar-refractivity contribution is 5.75. The quantitative estimate of drug-likeness (QED) is 0.366. The van der Waals surface area contributed by atoms with Gasteiger partial charge in [-0.25, -0.2) is 0 Å². The van der Waals surface area contributed by atoms with E-state index in [0.717, 1.165) is 0 Å². The molecule has 0 saturated carbocycles. The zero-order valence-corrected chi connectivity index (χ0v) is 4.14. The Morgan fingerprint density at radius 1 is 1.71 bits per heavy atom. The molecule has 0 radical (unpaired) electrons. The molecular formula is C4H13BO2. The minimum Gasteiger partial charge on any atom is -0.368 e. The van der Waals surface area contributed by atoms with Crippen LogP contribution in [0.25, 0.3) is 0 Å². The molecule has 0 bridgehead atoms. The van der Waals surface area contributed by atoms with Gasteiger partial charge in [-0.15, -0.1) is 0 Å². The first-order valence-electron chi connectivity index (χ1n) is 2.07. The third kappa shape index (κ3) is 10.7. The van der Waals surface area contributed by atoms with Crippen molar-refractivity contribution in [2.45, 2.75) is 20.1 Å². The zero-order chi connectivity index (χ0) is 4.99. The average molecular weight is 104 g/mol. The molecule has 3 heteroatoms. The fourth-order valence-corrected chi connectivity index (χ4v) is 0.241. The molecule has 0 rings (SSSR count). The molecule has 0 aromatic carbocycles. The predicted molar refractivity (Wildman–Crippen MR) is 33.2 cm³/mol. The van der Waals surface area contributed by atoms with E-state index in [1.165, 1.54) is 0 Å². The van der Waals surface area contributed by atoms with Crippen LogP contribution in [0.4, 0.5) is 0 Å². The number of aliphatic hydroxyl groups is 1. The molecule has 0 fully saturated rings. The van der Waals surface area contributed by atoms with Crippen LogP contribution < -0.4 is 0 Å².